The Balaban J connectivity index is 2.04. The summed E-state index contributed by atoms with van der Waals surface area (Å²) >= 11 is 5.77. The van der Waals surface area contributed by atoms with Crippen molar-refractivity contribution in [3.05, 3.63) is 33.8 Å². The van der Waals surface area contributed by atoms with Crippen LogP contribution in [0.3, 0.4) is 0 Å². The first-order valence-electron chi connectivity index (χ1n) is 5.91. The molecule has 2 unspecified atom stereocenters. The van der Waals surface area contributed by atoms with Gasteiger partial charge < -0.3 is 0 Å². The molecule has 1 aliphatic heterocycles. The largest absolute Gasteiger partial charge is 0.297 e. The average Bonchev–Trinajstić information content (AvgIpc) is 2.59. The van der Waals surface area contributed by atoms with Crippen molar-refractivity contribution in [1.29, 1.82) is 0 Å². The molecule has 0 saturated carbocycles. The highest BCUT2D eigenvalue weighted by Crippen LogP contribution is 2.49. The molecule has 1 heterocycles. The normalized spacial score (nSPS) is 33.0. The molecule has 0 bridgehead atoms. The van der Waals surface area contributed by atoms with Crippen LogP contribution in [0.1, 0.15) is 30.9 Å². The van der Waals surface area contributed by atoms with E-state index >= 15 is 0 Å². The van der Waals surface area contributed by atoms with Crippen LogP contribution < -0.4 is 5.32 Å². The number of nitrogens with one attached hydrogen (secondary N) is 1. The van der Waals surface area contributed by atoms with Crippen LogP contribution in [0.25, 0.3) is 0 Å². The number of rotatable bonds is 0. The number of hydrogen-bond donors (Lipinski definition) is 1. The van der Waals surface area contributed by atoms with E-state index in [1.165, 1.54) is 40.6 Å². The molecule has 1 N–H and O–H groups in total. The van der Waals surface area contributed by atoms with Gasteiger partial charge >= 0.3 is 0 Å². The van der Waals surface area contributed by atoms with E-state index in [-0.39, 0.29) is 4.87 Å². The molecule has 3 rings (SSSR count). The maximum Gasteiger partial charge on any atom is 0.0909 e. The van der Waals surface area contributed by atoms with E-state index in [4.69, 9.17) is 0 Å². The molecule has 86 valence electrons. The molecule has 1 nitrogen and oxygen atoms in total. The standard InChI is InChI=1S/C13H16BrNS/c1-9-6-8-16-13(15-9)7-5-10-11(13)3-2-4-12(10)14/h2-4,9,15H,5-8H2,1H3. The van der Waals surface area contributed by atoms with Crippen LogP contribution in [0.5, 0.6) is 0 Å². The molecule has 0 aromatic heterocycles. The summed E-state index contributed by atoms with van der Waals surface area (Å²) in [6.07, 6.45) is 3.72. The van der Waals surface area contributed by atoms with Crippen LogP contribution in [0.15, 0.2) is 22.7 Å². The van der Waals surface area contributed by atoms with Crippen molar-refractivity contribution in [1.82, 2.24) is 5.32 Å². The number of halogens is 1. The lowest BCUT2D eigenvalue weighted by molar-refractivity contribution is 0.393. The van der Waals surface area contributed by atoms with E-state index < -0.39 is 0 Å². The van der Waals surface area contributed by atoms with Gasteiger partial charge in [-0.3, -0.25) is 5.32 Å². The summed E-state index contributed by atoms with van der Waals surface area (Å²) in [7, 11) is 0. The van der Waals surface area contributed by atoms with Crippen molar-refractivity contribution >= 4 is 27.7 Å². The van der Waals surface area contributed by atoms with Gasteiger partial charge in [-0.2, -0.15) is 0 Å². The van der Waals surface area contributed by atoms with Crippen molar-refractivity contribution in [3.63, 3.8) is 0 Å². The Bertz CT molecular complexity index is 420. The van der Waals surface area contributed by atoms with Crippen LogP contribution in [-0.4, -0.2) is 11.8 Å². The summed E-state index contributed by atoms with van der Waals surface area (Å²) in [5, 5.41) is 3.82. The van der Waals surface area contributed by atoms with Crippen molar-refractivity contribution < 1.29 is 0 Å². The van der Waals surface area contributed by atoms with Gasteiger partial charge in [0.2, 0.25) is 0 Å². The minimum Gasteiger partial charge on any atom is -0.297 e. The van der Waals surface area contributed by atoms with Gasteiger partial charge in [-0.15, -0.1) is 11.8 Å². The molecular formula is C13H16BrNS. The summed E-state index contributed by atoms with van der Waals surface area (Å²) in [6, 6.07) is 7.27. The van der Waals surface area contributed by atoms with E-state index in [0.29, 0.717) is 6.04 Å². The lowest BCUT2D eigenvalue weighted by Crippen LogP contribution is -2.46. The van der Waals surface area contributed by atoms with Crippen LogP contribution >= 0.6 is 27.7 Å². The molecule has 3 heteroatoms. The van der Waals surface area contributed by atoms with Gasteiger partial charge in [0, 0.05) is 10.5 Å². The lowest BCUT2D eigenvalue weighted by atomic mass is 10.1. The second-order valence-corrected chi connectivity index (χ2v) is 7.02. The van der Waals surface area contributed by atoms with Crippen LogP contribution in [-0.2, 0) is 11.3 Å². The number of fused-ring (bicyclic) bond motifs is 2. The van der Waals surface area contributed by atoms with Gasteiger partial charge in [0.1, 0.15) is 0 Å². The predicted octanol–water partition coefficient (Wildman–Crippen LogP) is 3.66. The van der Waals surface area contributed by atoms with E-state index in [2.05, 4.69) is 58.1 Å². The first-order chi connectivity index (χ1) is 7.71. The van der Waals surface area contributed by atoms with E-state index in [1.54, 1.807) is 0 Å². The summed E-state index contributed by atoms with van der Waals surface area (Å²) in [4.78, 5) is 0.205. The zero-order chi connectivity index (χ0) is 11.2. The van der Waals surface area contributed by atoms with E-state index in [0.717, 1.165) is 0 Å². The molecule has 1 aliphatic carbocycles. The SMILES string of the molecule is CC1CCSC2(CCc3c(Br)cccc32)N1. The Hall–Kier alpha value is 0.01000. The molecule has 16 heavy (non-hydrogen) atoms. The van der Waals surface area contributed by atoms with Crippen LogP contribution in [0, 0.1) is 0 Å². The first-order valence-corrected chi connectivity index (χ1v) is 7.69. The highest BCUT2D eigenvalue weighted by Gasteiger charge is 2.42. The molecule has 2 aliphatic rings. The third-order valence-electron chi connectivity index (χ3n) is 3.66. The Morgan fingerprint density at radius 2 is 2.38 bits per heavy atom. The third-order valence-corrected chi connectivity index (χ3v) is 5.88. The average molecular weight is 298 g/mol. The van der Waals surface area contributed by atoms with Gasteiger partial charge in [0.05, 0.1) is 4.87 Å². The fourth-order valence-electron chi connectivity index (χ4n) is 2.85. The Morgan fingerprint density at radius 1 is 1.50 bits per heavy atom. The molecule has 1 spiro atoms. The number of thioether (sulfide) groups is 1. The van der Waals surface area contributed by atoms with Crippen molar-refractivity contribution in [3.8, 4) is 0 Å². The van der Waals surface area contributed by atoms with Crippen LogP contribution in [0.4, 0.5) is 0 Å². The molecule has 0 radical (unpaired) electrons. The molecule has 2 atom stereocenters. The molecule has 1 aromatic carbocycles. The zero-order valence-electron chi connectivity index (χ0n) is 9.42. The van der Waals surface area contributed by atoms with Gasteiger partial charge in [-0.1, -0.05) is 28.1 Å². The fourth-order valence-corrected chi connectivity index (χ4v) is 5.11. The molecular weight excluding hydrogens is 282 g/mol. The smallest absolute Gasteiger partial charge is 0.0909 e. The Labute approximate surface area is 110 Å². The minimum absolute atomic E-state index is 0.205. The van der Waals surface area contributed by atoms with Gasteiger partial charge in [-0.05, 0) is 49.1 Å². The van der Waals surface area contributed by atoms with Gasteiger partial charge in [-0.25, -0.2) is 0 Å². The maximum absolute atomic E-state index is 3.82. The molecule has 1 aromatic rings. The van der Waals surface area contributed by atoms with Crippen molar-refractivity contribution in [2.24, 2.45) is 0 Å². The second-order valence-electron chi connectivity index (χ2n) is 4.78. The molecule has 0 amide bonds. The van der Waals surface area contributed by atoms with Gasteiger partial charge in [0.15, 0.2) is 0 Å². The van der Waals surface area contributed by atoms with E-state index in [9.17, 15) is 0 Å². The molecule has 1 fully saturated rings. The monoisotopic (exact) mass is 297 g/mol. The minimum atomic E-state index is 0.205. The topological polar surface area (TPSA) is 12.0 Å². The summed E-state index contributed by atoms with van der Waals surface area (Å²) in [5.74, 6) is 1.28. The molecule has 1 saturated heterocycles. The van der Waals surface area contributed by atoms with E-state index in [1.807, 2.05) is 0 Å². The third kappa shape index (κ3) is 1.64. The van der Waals surface area contributed by atoms with Gasteiger partial charge in [0.25, 0.3) is 0 Å². The number of benzene rings is 1. The first kappa shape index (κ1) is 11.1. The maximum atomic E-state index is 3.82. The second kappa shape index (κ2) is 4.04. The highest BCUT2D eigenvalue weighted by molar-refractivity contribution is 9.10. The quantitative estimate of drug-likeness (QED) is 0.784. The van der Waals surface area contributed by atoms with Crippen LogP contribution in [0.2, 0.25) is 0 Å². The Kier molecular flexibility index (Phi) is 2.81. The summed E-state index contributed by atoms with van der Waals surface area (Å²) in [5.41, 5.74) is 3.02. The summed E-state index contributed by atoms with van der Waals surface area (Å²) in [6.45, 7) is 2.30. The highest BCUT2D eigenvalue weighted by atomic mass is 79.9. The summed E-state index contributed by atoms with van der Waals surface area (Å²) < 4.78 is 1.28. The van der Waals surface area contributed by atoms with Crippen molar-refractivity contribution in [2.45, 2.75) is 37.1 Å². The lowest BCUT2D eigenvalue weighted by Gasteiger charge is -2.38. The fraction of sp³-hybridized carbons (Fsp3) is 0.538. The zero-order valence-corrected chi connectivity index (χ0v) is 11.8. The number of hydrogen-bond acceptors (Lipinski definition) is 2. The predicted molar refractivity (Wildman–Crippen MR) is 73.8 cm³/mol. The van der Waals surface area contributed by atoms with Crippen molar-refractivity contribution in [2.75, 3.05) is 5.75 Å². The Morgan fingerprint density at radius 3 is 3.19 bits per heavy atom.